The van der Waals surface area contributed by atoms with Gasteiger partial charge < -0.3 is 5.32 Å². The van der Waals surface area contributed by atoms with Crippen LogP contribution >= 0.6 is 0 Å². The Morgan fingerprint density at radius 1 is 1.44 bits per heavy atom. The average molecular weight is 223 g/mol. The second kappa shape index (κ2) is 5.68. The molecule has 1 aromatic rings. The minimum atomic E-state index is 0.140. The van der Waals surface area contributed by atoms with Gasteiger partial charge in [-0.2, -0.15) is 5.10 Å². The number of aromatic nitrogens is 2. The molecule has 0 saturated heterocycles. The predicted molar refractivity (Wildman–Crippen MR) is 64.3 cm³/mol. The molecule has 0 radical (unpaired) electrons. The van der Waals surface area contributed by atoms with Crippen molar-refractivity contribution in [2.45, 2.75) is 40.0 Å². The SMILES string of the molecule is CCCC(=O)NCCc1c(C)nn(C)c1C. The monoisotopic (exact) mass is 223 g/mol. The highest BCUT2D eigenvalue weighted by atomic mass is 16.1. The highest BCUT2D eigenvalue weighted by molar-refractivity contribution is 5.75. The van der Waals surface area contributed by atoms with E-state index in [-0.39, 0.29) is 5.91 Å². The van der Waals surface area contributed by atoms with Crippen LogP contribution in [-0.2, 0) is 18.3 Å². The van der Waals surface area contributed by atoms with Crippen molar-refractivity contribution in [1.82, 2.24) is 15.1 Å². The zero-order valence-corrected chi connectivity index (χ0v) is 10.6. The van der Waals surface area contributed by atoms with E-state index in [4.69, 9.17) is 0 Å². The van der Waals surface area contributed by atoms with Gasteiger partial charge >= 0.3 is 0 Å². The summed E-state index contributed by atoms with van der Waals surface area (Å²) in [7, 11) is 1.95. The molecule has 1 rings (SSSR count). The normalized spacial score (nSPS) is 10.5. The van der Waals surface area contributed by atoms with Crippen LogP contribution < -0.4 is 5.32 Å². The van der Waals surface area contributed by atoms with Gasteiger partial charge in [0.15, 0.2) is 0 Å². The molecule has 0 aromatic carbocycles. The number of hydrogen-bond donors (Lipinski definition) is 1. The minimum absolute atomic E-state index is 0.140. The zero-order chi connectivity index (χ0) is 12.1. The van der Waals surface area contributed by atoms with E-state index in [1.165, 1.54) is 11.3 Å². The zero-order valence-electron chi connectivity index (χ0n) is 10.6. The summed E-state index contributed by atoms with van der Waals surface area (Å²) in [6.45, 7) is 6.78. The summed E-state index contributed by atoms with van der Waals surface area (Å²) >= 11 is 0. The van der Waals surface area contributed by atoms with Gasteiger partial charge in [0.1, 0.15) is 0 Å². The van der Waals surface area contributed by atoms with Gasteiger partial charge in [-0.1, -0.05) is 6.92 Å². The van der Waals surface area contributed by atoms with Gasteiger partial charge in [-0.15, -0.1) is 0 Å². The van der Waals surface area contributed by atoms with Crippen molar-refractivity contribution >= 4 is 5.91 Å². The molecule has 1 N–H and O–H groups in total. The fourth-order valence-corrected chi connectivity index (χ4v) is 1.82. The smallest absolute Gasteiger partial charge is 0.219 e. The first-order chi connectivity index (χ1) is 7.56. The fourth-order valence-electron chi connectivity index (χ4n) is 1.82. The lowest BCUT2D eigenvalue weighted by molar-refractivity contribution is -0.121. The molecule has 90 valence electrons. The van der Waals surface area contributed by atoms with Gasteiger partial charge in [-0.05, 0) is 32.3 Å². The number of nitrogens with zero attached hydrogens (tertiary/aromatic N) is 2. The second-order valence-corrected chi connectivity index (χ2v) is 4.12. The summed E-state index contributed by atoms with van der Waals surface area (Å²) in [5.41, 5.74) is 3.49. The van der Waals surface area contributed by atoms with E-state index in [0.29, 0.717) is 13.0 Å². The summed E-state index contributed by atoms with van der Waals surface area (Å²) in [4.78, 5) is 11.3. The van der Waals surface area contributed by atoms with Crippen LogP contribution in [0, 0.1) is 13.8 Å². The van der Waals surface area contributed by atoms with Crippen LogP contribution in [0.2, 0.25) is 0 Å². The first kappa shape index (κ1) is 12.7. The van der Waals surface area contributed by atoms with Gasteiger partial charge in [0.25, 0.3) is 0 Å². The standard InChI is InChI=1S/C12H21N3O/c1-5-6-12(16)13-8-7-11-9(2)14-15(4)10(11)3/h5-8H2,1-4H3,(H,13,16). The Morgan fingerprint density at radius 2 is 2.12 bits per heavy atom. The number of amides is 1. The van der Waals surface area contributed by atoms with Gasteiger partial charge in [0.2, 0.25) is 5.91 Å². The topological polar surface area (TPSA) is 46.9 Å². The van der Waals surface area contributed by atoms with Gasteiger partial charge in [-0.25, -0.2) is 0 Å². The molecule has 1 heterocycles. The van der Waals surface area contributed by atoms with Gasteiger partial charge in [-0.3, -0.25) is 9.48 Å². The van der Waals surface area contributed by atoms with Crippen LogP contribution in [0.1, 0.15) is 36.7 Å². The molecule has 0 spiro atoms. The second-order valence-electron chi connectivity index (χ2n) is 4.12. The maximum Gasteiger partial charge on any atom is 0.219 e. The third kappa shape index (κ3) is 3.08. The van der Waals surface area contributed by atoms with E-state index in [0.717, 1.165) is 18.5 Å². The maximum atomic E-state index is 11.3. The number of nitrogens with one attached hydrogen (secondary N) is 1. The highest BCUT2D eigenvalue weighted by Crippen LogP contribution is 2.11. The predicted octanol–water partition coefficient (Wildman–Crippen LogP) is 1.50. The van der Waals surface area contributed by atoms with Gasteiger partial charge in [0.05, 0.1) is 5.69 Å². The molecule has 0 aliphatic rings. The molecule has 0 bridgehead atoms. The van der Waals surface area contributed by atoms with Crippen LogP contribution in [0.5, 0.6) is 0 Å². The molecule has 0 aliphatic heterocycles. The Morgan fingerprint density at radius 3 is 2.62 bits per heavy atom. The summed E-state index contributed by atoms with van der Waals surface area (Å²) in [6, 6.07) is 0. The maximum absolute atomic E-state index is 11.3. The molecule has 0 fully saturated rings. The Hall–Kier alpha value is -1.32. The van der Waals surface area contributed by atoms with Crippen molar-refractivity contribution in [2.24, 2.45) is 7.05 Å². The van der Waals surface area contributed by atoms with E-state index < -0.39 is 0 Å². The lowest BCUT2D eigenvalue weighted by atomic mass is 10.1. The summed E-state index contributed by atoms with van der Waals surface area (Å²) in [5.74, 6) is 0.140. The summed E-state index contributed by atoms with van der Waals surface area (Å²) in [5, 5.41) is 7.27. The molecule has 0 atom stereocenters. The number of carbonyl (C=O) groups is 1. The molecule has 0 unspecified atom stereocenters. The number of carbonyl (C=O) groups excluding carboxylic acids is 1. The molecule has 0 saturated carbocycles. The quantitative estimate of drug-likeness (QED) is 0.822. The molecular weight excluding hydrogens is 202 g/mol. The molecule has 4 nitrogen and oxygen atoms in total. The summed E-state index contributed by atoms with van der Waals surface area (Å²) in [6.07, 6.45) is 2.38. The fraction of sp³-hybridized carbons (Fsp3) is 0.667. The van der Waals surface area contributed by atoms with E-state index >= 15 is 0 Å². The van der Waals surface area contributed by atoms with Crippen LogP contribution in [-0.4, -0.2) is 22.2 Å². The molecule has 1 amide bonds. The van der Waals surface area contributed by atoms with E-state index in [2.05, 4.69) is 17.3 Å². The first-order valence-corrected chi connectivity index (χ1v) is 5.82. The van der Waals surface area contributed by atoms with E-state index in [9.17, 15) is 4.79 Å². The van der Waals surface area contributed by atoms with Crippen molar-refractivity contribution < 1.29 is 4.79 Å². The number of hydrogen-bond acceptors (Lipinski definition) is 2. The molecule has 0 aliphatic carbocycles. The Labute approximate surface area is 97.0 Å². The number of aryl methyl sites for hydroxylation is 2. The Kier molecular flexibility index (Phi) is 4.52. The summed E-state index contributed by atoms with van der Waals surface area (Å²) < 4.78 is 1.89. The molecule has 1 aromatic heterocycles. The first-order valence-electron chi connectivity index (χ1n) is 5.82. The minimum Gasteiger partial charge on any atom is -0.356 e. The molecular formula is C12H21N3O. The average Bonchev–Trinajstić information content (AvgIpc) is 2.45. The Balaban J connectivity index is 2.46. The van der Waals surface area contributed by atoms with Crippen molar-refractivity contribution in [3.8, 4) is 0 Å². The van der Waals surface area contributed by atoms with Crippen LogP contribution in [0.3, 0.4) is 0 Å². The lowest BCUT2D eigenvalue weighted by Gasteiger charge is -2.04. The van der Waals surface area contributed by atoms with Crippen molar-refractivity contribution in [3.05, 3.63) is 17.0 Å². The Bertz CT molecular complexity index is 369. The lowest BCUT2D eigenvalue weighted by Crippen LogP contribution is -2.25. The molecule has 16 heavy (non-hydrogen) atoms. The largest absolute Gasteiger partial charge is 0.356 e. The molecule has 4 heteroatoms. The van der Waals surface area contributed by atoms with E-state index in [1.54, 1.807) is 0 Å². The van der Waals surface area contributed by atoms with Gasteiger partial charge in [0, 0.05) is 25.7 Å². The van der Waals surface area contributed by atoms with Crippen molar-refractivity contribution in [1.29, 1.82) is 0 Å². The van der Waals surface area contributed by atoms with Crippen LogP contribution in [0.4, 0.5) is 0 Å². The van der Waals surface area contributed by atoms with Crippen LogP contribution in [0.15, 0.2) is 0 Å². The van der Waals surface area contributed by atoms with Crippen LogP contribution in [0.25, 0.3) is 0 Å². The number of rotatable bonds is 5. The van der Waals surface area contributed by atoms with Crippen molar-refractivity contribution in [3.63, 3.8) is 0 Å². The third-order valence-electron chi connectivity index (χ3n) is 2.83. The highest BCUT2D eigenvalue weighted by Gasteiger charge is 2.09. The third-order valence-corrected chi connectivity index (χ3v) is 2.83. The van der Waals surface area contributed by atoms with Crippen molar-refractivity contribution in [2.75, 3.05) is 6.54 Å². The van der Waals surface area contributed by atoms with E-state index in [1.807, 2.05) is 25.6 Å².